The zero-order chi connectivity index (χ0) is 72.3. The van der Waals surface area contributed by atoms with Crippen molar-refractivity contribution in [2.24, 2.45) is 0 Å². The largest absolute Gasteiger partial charge is 2.00 e. The Morgan fingerprint density at radius 1 is 0.210 bits per heavy atom. The maximum atomic E-state index is 12.2. The summed E-state index contributed by atoms with van der Waals surface area (Å²) < 4.78 is 219. The topological polar surface area (TPSA) is 421 Å². The number of benzene rings is 9. The van der Waals surface area contributed by atoms with Crippen molar-refractivity contribution in [3.63, 3.8) is 0 Å². The van der Waals surface area contributed by atoms with Crippen molar-refractivity contribution < 1.29 is 136 Å². The number of nitrogens with zero attached hydrogens (tertiary/aromatic N) is 6. The van der Waals surface area contributed by atoms with E-state index in [-0.39, 0.29) is 141 Å². The molecule has 15 rings (SSSR count). The van der Waals surface area contributed by atoms with Gasteiger partial charge in [-0.2, -0.15) is 0 Å². The van der Waals surface area contributed by atoms with Gasteiger partial charge in [0, 0.05) is 67.6 Å². The molecule has 0 aliphatic heterocycles. The second-order valence-electron chi connectivity index (χ2n) is 22.4. The van der Waals surface area contributed by atoms with E-state index in [4.69, 9.17) is 0 Å². The van der Waals surface area contributed by atoms with Gasteiger partial charge in [0.1, 0.15) is 60.7 Å². The summed E-state index contributed by atoms with van der Waals surface area (Å²) in [5.74, 6) is 0. The molecular weight excluding hydrogens is 1730 g/mol. The molecule has 528 valence electrons. The molecule has 0 bridgehead atoms. The van der Waals surface area contributed by atoms with E-state index in [0.717, 1.165) is 33.4 Å². The fraction of sp³-hybridized carbons (Fsp3) is 0. The van der Waals surface area contributed by atoms with Gasteiger partial charge >= 0.3 is 58.4 Å². The summed E-state index contributed by atoms with van der Waals surface area (Å²) in [4.78, 5) is 21.3. The second-order valence-corrected chi connectivity index (χ2v) is 30.3. The molecule has 9 aromatic carbocycles. The third-order valence-corrected chi connectivity index (χ3v) is 21.7. The van der Waals surface area contributed by atoms with Crippen molar-refractivity contribution in [3.8, 4) is 66.8 Å². The van der Waals surface area contributed by atoms with Crippen LogP contribution in [0.4, 0.5) is 0 Å². The van der Waals surface area contributed by atoms with Gasteiger partial charge in [0.05, 0.1) is 47.8 Å². The van der Waals surface area contributed by atoms with E-state index in [1.54, 1.807) is 109 Å². The Bertz CT molecular complexity index is 6030. The van der Waals surface area contributed by atoms with Crippen molar-refractivity contribution in [1.29, 1.82) is 0 Å². The molecule has 0 saturated carbocycles. The molecule has 0 N–H and O–H groups in total. The summed E-state index contributed by atoms with van der Waals surface area (Å²) in [5, 5.41) is -1.65. The summed E-state index contributed by atoms with van der Waals surface area (Å²) in [6, 6.07) is 66.9. The molecule has 15 aromatic rings. The number of aromatic nitrogens is 6. The Balaban J connectivity index is 0.000000166. The molecule has 0 atom stereocenters. The van der Waals surface area contributed by atoms with Crippen LogP contribution in [0.2, 0.25) is 0 Å². The van der Waals surface area contributed by atoms with E-state index >= 15 is 0 Å². The van der Waals surface area contributed by atoms with Crippen LogP contribution < -0.4 is 0 Å². The normalized spacial score (nSPS) is 11.9. The molecule has 0 aliphatic carbocycles. The molecule has 0 unspecified atom stereocenters. The minimum Gasteiger partial charge on any atom is -0.744 e. The van der Waals surface area contributed by atoms with Crippen molar-refractivity contribution in [2.45, 2.75) is 29.8 Å². The van der Waals surface area contributed by atoms with Crippen molar-refractivity contribution >= 4 is 126 Å². The number of rotatable bonds is 12. The summed E-state index contributed by atoms with van der Waals surface area (Å²) in [6.07, 6.45) is 4.53. The van der Waals surface area contributed by atoms with E-state index in [0.29, 0.717) is 16.2 Å². The molecule has 6 heterocycles. The van der Waals surface area contributed by atoms with Crippen LogP contribution >= 0.6 is 0 Å². The summed E-state index contributed by atoms with van der Waals surface area (Å²) in [5.41, 5.74) is 5.83. The van der Waals surface area contributed by atoms with E-state index in [2.05, 4.69) is 29.9 Å². The van der Waals surface area contributed by atoms with Crippen LogP contribution in [0.15, 0.2) is 285 Å². The Labute approximate surface area is 638 Å². The predicted molar refractivity (Wildman–Crippen MR) is 372 cm³/mol. The van der Waals surface area contributed by atoms with Gasteiger partial charge in [0.25, 0.3) is 0 Å². The van der Waals surface area contributed by atoms with Crippen molar-refractivity contribution in [3.05, 3.63) is 255 Å². The SMILES string of the molecule is O=S(=O)([O-])c1nc2c(ccc3c(-c4ccccc4)ccnc32)c(-c2ccccc2)c1S(=O)(=O)[O-].O=S(=O)([O-])c1nc2c(ccc3c(-c4ccccc4)ccnc32)c(-c2ccccc2)c1S(=O)(=O)[O-].O=S(=O)([O-])c1nc2c(ccc3c(-c4ccccc4)ccnc32)c(-c2ccccc2)c1S(=O)(=O)[O-].[Ru+2].[Ru+2].[Ru+2]. The third kappa shape index (κ3) is 15.7. The van der Waals surface area contributed by atoms with E-state index in [1.807, 2.05) is 91.0 Å². The number of fused-ring (bicyclic) bond motifs is 9. The Kier molecular flexibility index (Phi) is 22.9. The zero-order valence-corrected chi connectivity index (χ0v) is 62.9. The maximum absolute atomic E-state index is 12.2. The van der Waals surface area contributed by atoms with Crippen LogP contribution in [0.25, 0.3) is 132 Å². The average Bonchev–Trinajstić information content (AvgIpc) is 0.736. The molecule has 33 heteroatoms. The van der Waals surface area contributed by atoms with Gasteiger partial charge in [-0.1, -0.05) is 218 Å². The fourth-order valence-corrected chi connectivity index (χ4v) is 17.8. The first-order valence-electron chi connectivity index (χ1n) is 29.8. The minimum atomic E-state index is -5.44. The molecule has 0 aliphatic rings. The fourth-order valence-electron chi connectivity index (χ4n) is 12.2. The second kappa shape index (κ2) is 30.7. The average molecular weight is 1770 g/mol. The van der Waals surface area contributed by atoms with Crippen molar-refractivity contribution in [2.75, 3.05) is 0 Å². The Hall–Kier alpha value is -9.23. The van der Waals surface area contributed by atoms with Gasteiger partial charge in [0.15, 0.2) is 15.1 Å². The molecule has 0 saturated heterocycles. The minimum absolute atomic E-state index is 0. The van der Waals surface area contributed by atoms with Crippen LogP contribution in [0.3, 0.4) is 0 Å². The van der Waals surface area contributed by atoms with Gasteiger partial charge < -0.3 is 27.3 Å². The third-order valence-electron chi connectivity index (χ3n) is 16.3. The smallest absolute Gasteiger partial charge is 0.744 e. The number of pyridine rings is 6. The van der Waals surface area contributed by atoms with Crippen LogP contribution in [-0.4, -0.2) is 108 Å². The monoisotopic (exact) mass is 1780 g/mol. The summed E-state index contributed by atoms with van der Waals surface area (Å²) >= 11 is 0. The number of hydrogen-bond acceptors (Lipinski definition) is 24. The van der Waals surface area contributed by atoms with E-state index < -0.39 is 90.5 Å². The zero-order valence-electron chi connectivity index (χ0n) is 52.8. The molecule has 24 nitrogen and oxygen atoms in total. The van der Waals surface area contributed by atoms with Gasteiger partial charge in [-0.05, 0) is 68.3 Å². The first-order valence-corrected chi connectivity index (χ1v) is 38.3. The molecule has 0 amide bonds. The van der Waals surface area contributed by atoms with Gasteiger partial charge in [-0.25, -0.2) is 65.5 Å². The van der Waals surface area contributed by atoms with E-state index in [1.165, 1.54) is 55.0 Å². The first kappa shape index (κ1) is 78.4. The first-order chi connectivity index (χ1) is 48.5. The molecule has 0 radical (unpaired) electrons. The van der Waals surface area contributed by atoms with Gasteiger partial charge in [-0.3, -0.25) is 15.0 Å². The Morgan fingerprint density at radius 2 is 0.400 bits per heavy atom. The van der Waals surface area contributed by atoms with Gasteiger partial charge in [-0.15, -0.1) is 0 Å². The molecule has 105 heavy (non-hydrogen) atoms. The summed E-state index contributed by atoms with van der Waals surface area (Å²) in [6.45, 7) is 0. The predicted octanol–water partition coefficient (Wildman–Crippen LogP) is 11.8. The Morgan fingerprint density at radius 3 is 0.590 bits per heavy atom. The van der Waals surface area contributed by atoms with Crippen molar-refractivity contribution in [1.82, 2.24) is 29.9 Å². The molecule has 6 aromatic heterocycles. The number of hydrogen-bond donors (Lipinski definition) is 0. The maximum Gasteiger partial charge on any atom is 2.00 e. The standard InChI is InChI=1S/3C24H16N2O6S2.3Ru/c3*27-33(28,29)23-20(16-9-5-2-6-10-16)19-12-11-18-17(15-7-3-1-4-8-15)13-14-25-21(18)22(19)26-24(23)34(30,31)32;;;/h3*1-14H,(H,27,28,29)(H,30,31,32);;;/q;;;3*+2/p-6. The molecule has 0 fully saturated rings. The summed E-state index contributed by atoms with van der Waals surface area (Å²) in [7, 11) is -32.5. The quantitative estimate of drug-likeness (QED) is 0.0623. The molecular formula is C72H42N6O18Ru3S6. The van der Waals surface area contributed by atoms with Crippen LogP contribution in [0, 0.1) is 0 Å². The van der Waals surface area contributed by atoms with Crippen LogP contribution in [-0.2, 0) is 119 Å². The van der Waals surface area contributed by atoms with Crippen LogP contribution in [0.1, 0.15) is 0 Å². The molecule has 0 spiro atoms. The van der Waals surface area contributed by atoms with Gasteiger partial charge in [0.2, 0.25) is 0 Å². The van der Waals surface area contributed by atoms with Crippen LogP contribution in [0.5, 0.6) is 0 Å². The van der Waals surface area contributed by atoms with E-state index in [9.17, 15) is 77.8 Å².